The van der Waals surface area contributed by atoms with E-state index in [1.54, 1.807) is 46.8 Å². The van der Waals surface area contributed by atoms with Crippen LogP contribution in [0.4, 0.5) is 5.69 Å². The van der Waals surface area contributed by atoms with Gasteiger partial charge in [0.2, 0.25) is 15.9 Å². The molecule has 47 heavy (non-hydrogen) atoms. The number of hydrogen-bond acceptors (Lipinski definition) is 10. The van der Waals surface area contributed by atoms with Crippen molar-refractivity contribution < 1.29 is 46.5 Å². The Morgan fingerprint density at radius 1 is 0.894 bits per heavy atom. The highest BCUT2D eigenvalue weighted by Gasteiger charge is 2.46. The van der Waals surface area contributed by atoms with Gasteiger partial charge in [-0.2, -0.15) is 4.72 Å². The van der Waals surface area contributed by atoms with Crippen molar-refractivity contribution in [3.8, 4) is 5.75 Å². The van der Waals surface area contributed by atoms with Gasteiger partial charge in [0.05, 0.1) is 19.3 Å². The van der Waals surface area contributed by atoms with Gasteiger partial charge in [-0.15, -0.1) is 0 Å². The average Bonchev–Trinajstić information content (AvgIpc) is 2.98. The van der Waals surface area contributed by atoms with Crippen LogP contribution in [0.25, 0.3) is 10.8 Å². The highest BCUT2D eigenvalue weighted by Crippen LogP contribution is 2.31. The molecular weight excluding hydrogens is 628 g/mol. The molecule has 1 unspecified atom stereocenters. The first-order valence-corrected chi connectivity index (χ1v) is 16.7. The van der Waals surface area contributed by atoms with Gasteiger partial charge in [-0.05, 0) is 76.1 Å². The number of methoxy groups -OCH3 is 1. The first-order valence-electron chi connectivity index (χ1n) is 15.2. The first-order chi connectivity index (χ1) is 22.0. The lowest BCUT2D eigenvalue weighted by molar-refractivity contribution is -0.240. The lowest BCUT2D eigenvalue weighted by Crippen LogP contribution is -2.59. The van der Waals surface area contributed by atoms with Gasteiger partial charge in [0.15, 0.2) is 11.8 Å². The summed E-state index contributed by atoms with van der Waals surface area (Å²) in [7, 11) is -3.19. The van der Waals surface area contributed by atoms with E-state index in [0.717, 1.165) is 10.9 Å². The molecule has 0 spiro atoms. The maximum absolute atomic E-state index is 14.0. The van der Waals surface area contributed by atoms with Crippen LogP contribution in [0.2, 0.25) is 0 Å². The molecule has 3 rings (SSSR count). The van der Waals surface area contributed by atoms with Gasteiger partial charge in [-0.25, -0.2) is 13.2 Å². The lowest BCUT2D eigenvalue weighted by atomic mass is 9.98. The topological polar surface area (TPSA) is 156 Å². The monoisotopic (exact) mass is 672 g/mol. The molecule has 256 valence electrons. The lowest BCUT2D eigenvalue weighted by Gasteiger charge is -2.37. The van der Waals surface area contributed by atoms with Crippen molar-refractivity contribution in [3.05, 3.63) is 65.7 Å². The molecule has 0 radical (unpaired) electrons. The van der Waals surface area contributed by atoms with Crippen molar-refractivity contribution in [2.75, 3.05) is 32.2 Å². The molecule has 0 aliphatic heterocycles. The quantitative estimate of drug-likeness (QED) is 0.167. The Bertz CT molecular complexity index is 1690. The molecule has 0 fully saturated rings. The normalized spacial score (nSPS) is 12.8. The van der Waals surface area contributed by atoms with Crippen LogP contribution < -0.4 is 14.8 Å². The Kier molecular flexibility index (Phi) is 12.5. The van der Waals surface area contributed by atoms with E-state index in [-0.39, 0.29) is 36.4 Å². The van der Waals surface area contributed by atoms with E-state index in [1.165, 1.54) is 39.2 Å². The number of anilines is 1. The zero-order valence-corrected chi connectivity index (χ0v) is 28.9. The van der Waals surface area contributed by atoms with Gasteiger partial charge >= 0.3 is 11.9 Å². The zero-order valence-electron chi connectivity index (χ0n) is 28.1. The van der Waals surface area contributed by atoms with Crippen LogP contribution >= 0.6 is 0 Å². The number of fused-ring (bicyclic) bond motifs is 1. The molecule has 13 heteroatoms. The summed E-state index contributed by atoms with van der Waals surface area (Å²) in [6.07, 6.45) is 0.340. The zero-order chi connectivity index (χ0) is 35.0. The maximum atomic E-state index is 14.0. The molecule has 2 N–H and O–H groups in total. The van der Waals surface area contributed by atoms with E-state index in [4.69, 9.17) is 23.7 Å². The van der Waals surface area contributed by atoms with Gasteiger partial charge in [0, 0.05) is 38.3 Å². The van der Waals surface area contributed by atoms with Gasteiger partial charge in [-0.1, -0.05) is 30.3 Å². The van der Waals surface area contributed by atoms with Crippen molar-refractivity contribution >= 4 is 44.3 Å². The van der Waals surface area contributed by atoms with Crippen LogP contribution in [-0.4, -0.2) is 70.6 Å². The van der Waals surface area contributed by atoms with Gasteiger partial charge < -0.3 is 29.0 Å². The SMILES string of the molecule is CCOC(C)(OCC)C(NS(=O)(=O)c1ccc(NC(C)=O)cc1OCCc1ccc(C(=O)OC)c2ccccc12)C(=O)OC(C)(C)C. The molecule has 0 heterocycles. The largest absolute Gasteiger partial charge is 0.492 e. The Morgan fingerprint density at radius 3 is 2.11 bits per heavy atom. The van der Waals surface area contributed by atoms with E-state index < -0.39 is 39.4 Å². The molecule has 0 saturated carbocycles. The predicted molar refractivity (Wildman–Crippen MR) is 177 cm³/mol. The van der Waals surface area contributed by atoms with Crippen LogP contribution in [0.1, 0.15) is 64.4 Å². The molecule has 0 bridgehead atoms. The average molecular weight is 673 g/mol. The summed E-state index contributed by atoms with van der Waals surface area (Å²) >= 11 is 0. The third-order valence-corrected chi connectivity index (χ3v) is 8.37. The van der Waals surface area contributed by atoms with Crippen molar-refractivity contribution in [3.63, 3.8) is 0 Å². The minimum absolute atomic E-state index is 0.0265. The minimum atomic E-state index is -4.50. The van der Waals surface area contributed by atoms with E-state index in [0.29, 0.717) is 23.1 Å². The van der Waals surface area contributed by atoms with E-state index in [1.807, 2.05) is 24.3 Å². The summed E-state index contributed by atoms with van der Waals surface area (Å²) in [6, 6.07) is 13.3. The third kappa shape index (κ3) is 9.74. The molecule has 12 nitrogen and oxygen atoms in total. The second-order valence-corrected chi connectivity index (χ2v) is 13.4. The van der Waals surface area contributed by atoms with Crippen LogP contribution in [-0.2, 0) is 45.0 Å². The van der Waals surface area contributed by atoms with Gasteiger partial charge in [0.1, 0.15) is 16.2 Å². The molecule has 0 aliphatic carbocycles. The molecule has 0 saturated heterocycles. The number of carbonyl (C=O) groups excluding carboxylic acids is 3. The number of hydrogen-bond donors (Lipinski definition) is 2. The Morgan fingerprint density at radius 2 is 1.53 bits per heavy atom. The van der Waals surface area contributed by atoms with Crippen molar-refractivity contribution in [1.29, 1.82) is 0 Å². The fraction of sp³-hybridized carbons (Fsp3) is 0.441. The van der Waals surface area contributed by atoms with Crippen molar-refractivity contribution in [1.82, 2.24) is 4.72 Å². The molecule has 1 atom stereocenters. The molecule has 0 aromatic heterocycles. The van der Waals surface area contributed by atoms with Crippen LogP contribution in [0.3, 0.4) is 0 Å². The van der Waals surface area contributed by atoms with Crippen molar-refractivity contribution in [2.24, 2.45) is 0 Å². The Balaban J connectivity index is 2.01. The van der Waals surface area contributed by atoms with E-state index >= 15 is 0 Å². The fourth-order valence-corrected chi connectivity index (χ4v) is 6.37. The Labute approximate surface area is 276 Å². The summed E-state index contributed by atoms with van der Waals surface area (Å²) in [5.41, 5.74) is 0.633. The fourth-order valence-electron chi connectivity index (χ4n) is 4.99. The molecular formula is C34H44N2O10S. The number of esters is 2. The Hall–Kier alpha value is -4.04. The highest BCUT2D eigenvalue weighted by atomic mass is 32.2. The number of sulfonamides is 1. The number of nitrogens with one attached hydrogen (secondary N) is 2. The van der Waals surface area contributed by atoms with Crippen LogP contribution in [0, 0.1) is 0 Å². The second-order valence-electron chi connectivity index (χ2n) is 11.7. The van der Waals surface area contributed by atoms with E-state index in [2.05, 4.69) is 10.0 Å². The minimum Gasteiger partial charge on any atom is -0.492 e. The summed E-state index contributed by atoms with van der Waals surface area (Å²) in [6.45, 7) is 11.4. The maximum Gasteiger partial charge on any atom is 0.338 e. The standard InChI is InChI=1S/C34H44N2O10S/c1-9-44-34(7,45-10-2)30(32(39)46-33(4,5)6)36-47(40,41)29-18-16-24(35-22(3)37)21-28(29)43-20-19-23-15-17-27(31(38)42-8)26-14-12-11-13-25(23)26/h11-18,21,30,36H,9-10,19-20H2,1-8H3,(H,35,37). The number of benzene rings is 3. The summed E-state index contributed by atoms with van der Waals surface area (Å²) in [5.74, 6) is -3.51. The summed E-state index contributed by atoms with van der Waals surface area (Å²) < 4.78 is 58.5. The molecule has 3 aromatic rings. The number of amides is 1. The number of ether oxygens (including phenoxy) is 5. The second kappa shape index (κ2) is 15.7. The van der Waals surface area contributed by atoms with E-state index in [9.17, 15) is 22.8 Å². The number of carbonyl (C=O) groups is 3. The molecule has 3 aromatic carbocycles. The highest BCUT2D eigenvalue weighted by molar-refractivity contribution is 7.89. The summed E-state index contributed by atoms with van der Waals surface area (Å²) in [4.78, 5) is 37.3. The van der Waals surface area contributed by atoms with Crippen LogP contribution in [0.15, 0.2) is 59.5 Å². The van der Waals surface area contributed by atoms with Gasteiger partial charge in [0.25, 0.3) is 0 Å². The van der Waals surface area contributed by atoms with Crippen LogP contribution in [0.5, 0.6) is 5.75 Å². The smallest absolute Gasteiger partial charge is 0.338 e. The molecule has 1 amide bonds. The first kappa shape index (κ1) is 37.4. The summed E-state index contributed by atoms with van der Waals surface area (Å²) in [5, 5.41) is 4.15. The van der Waals surface area contributed by atoms with Gasteiger partial charge in [-0.3, -0.25) is 9.59 Å². The van der Waals surface area contributed by atoms with Crippen molar-refractivity contribution in [2.45, 2.75) is 77.2 Å². The molecule has 0 aliphatic rings. The third-order valence-electron chi connectivity index (χ3n) is 6.90. The predicted octanol–water partition coefficient (Wildman–Crippen LogP) is 4.98. The number of rotatable bonds is 15.